The smallest absolute Gasteiger partial charge is 0.0945 e. The Balaban J connectivity index is 1.96. The number of hydrogen-bond donors (Lipinski definition) is 2. The molecule has 1 aromatic heterocycles. The SMILES string of the molecule is CCC(CO)NCCc1nc(-c2ccc(C)c(C)c2)cs1. The second-order valence-corrected chi connectivity index (χ2v) is 6.36. The maximum Gasteiger partial charge on any atom is 0.0945 e. The van der Waals surface area contributed by atoms with Gasteiger partial charge in [-0.25, -0.2) is 4.98 Å². The summed E-state index contributed by atoms with van der Waals surface area (Å²) < 4.78 is 0. The van der Waals surface area contributed by atoms with Gasteiger partial charge < -0.3 is 10.4 Å². The number of thiazole rings is 1. The quantitative estimate of drug-likeness (QED) is 0.825. The van der Waals surface area contributed by atoms with E-state index in [1.807, 2.05) is 0 Å². The van der Waals surface area contributed by atoms with Crippen LogP contribution >= 0.6 is 11.3 Å². The van der Waals surface area contributed by atoms with Crippen molar-refractivity contribution in [2.45, 2.75) is 39.7 Å². The van der Waals surface area contributed by atoms with Gasteiger partial charge in [-0.1, -0.05) is 19.1 Å². The van der Waals surface area contributed by atoms with Crippen LogP contribution in [-0.4, -0.2) is 29.3 Å². The number of benzene rings is 1. The van der Waals surface area contributed by atoms with E-state index in [0.29, 0.717) is 0 Å². The lowest BCUT2D eigenvalue weighted by molar-refractivity contribution is 0.240. The molecule has 2 rings (SSSR count). The van der Waals surface area contributed by atoms with E-state index in [-0.39, 0.29) is 12.6 Å². The summed E-state index contributed by atoms with van der Waals surface area (Å²) in [5.41, 5.74) is 4.87. The van der Waals surface area contributed by atoms with E-state index in [9.17, 15) is 0 Å². The summed E-state index contributed by atoms with van der Waals surface area (Å²) in [5, 5.41) is 15.8. The minimum Gasteiger partial charge on any atom is -0.395 e. The Morgan fingerprint density at radius 1 is 1.29 bits per heavy atom. The molecule has 0 aliphatic carbocycles. The molecular weight excluding hydrogens is 280 g/mol. The Morgan fingerprint density at radius 2 is 2.10 bits per heavy atom. The Hall–Kier alpha value is -1.23. The fourth-order valence-electron chi connectivity index (χ4n) is 2.18. The highest BCUT2D eigenvalue weighted by Crippen LogP contribution is 2.24. The Bertz CT molecular complexity index is 576. The van der Waals surface area contributed by atoms with E-state index in [0.717, 1.165) is 30.1 Å². The number of hydrogen-bond acceptors (Lipinski definition) is 4. The first-order valence-electron chi connectivity index (χ1n) is 7.50. The largest absolute Gasteiger partial charge is 0.395 e. The zero-order chi connectivity index (χ0) is 15.2. The van der Waals surface area contributed by atoms with Crippen molar-refractivity contribution >= 4 is 11.3 Å². The van der Waals surface area contributed by atoms with Gasteiger partial charge in [-0.05, 0) is 37.5 Å². The number of nitrogens with one attached hydrogen (secondary N) is 1. The number of aryl methyl sites for hydroxylation is 2. The molecule has 1 aromatic carbocycles. The first kappa shape index (κ1) is 16.1. The van der Waals surface area contributed by atoms with Gasteiger partial charge in [-0.3, -0.25) is 0 Å². The predicted molar refractivity (Wildman–Crippen MR) is 89.9 cm³/mol. The van der Waals surface area contributed by atoms with Crippen LogP contribution in [0.3, 0.4) is 0 Å². The monoisotopic (exact) mass is 304 g/mol. The molecule has 0 saturated carbocycles. The van der Waals surface area contributed by atoms with Crippen molar-refractivity contribution in [3.8, 4) is 11.3 Å². The third-order valence-corrected chi connectivity index (χ3v) is 4.75. The van der Waals surface area contributed by atoms with E-state index in [1.165, 1.54) is 16.7 Å². The lowest BCUT2D eigenvalue weighted by Gasteiger charge is -2.12. The van der Waals surface area contributed by atoms with Gasteiger partial charge in [0.25, 0.3) is 0 Å². The maximum absolute atomic E-state index is 9.15. The van der Waals surface area contributed by atoms with Crippen molar-refractivity contribution in [2.75, 3.05) is 13.2 Å². The van der Waals surface area contributed by atoms with Crippen molar-refractivity contribution in [3.63, 3.8) is 0 Å². The number of aliphatic hydroxyl groups excluding tert-OH is 1. The van der Waals surface area contributed by atoms with Crippen molar-refractivity contribution in [1.82, 2.24) is 10.3 Å². The number of aromatic nitrogens is 1. The third kappa shape index (κ3) is 4.37. The van der Waals surface area contributed by atoms with Gasteiger partial charge in [0.2, 0.25) is 0 Å². The molecule has 4 heteroatoms. The Labute approximate surface area is 131 Å². The predicted octanol–water partition coefficient (Wildman–Crippen LogP) is 3.33. The summed E-state index contributed by atoms with van der Waals surface area (Å²) in [4.78, 5) is 4.72. The molecule has 1 unspecified atom stereocenters. The highest BCUT2D eigenvalue weighted by Gasteiger charge is 2.07. The molecule has 0 bridgehead atoms. The third-order valence-electron chi connectivity index (χ3n) is 3.84. The van der Waals surface area contributed by atoms with Crippen LogP contribution in [0.1, 0.15) is 29.5 Å². The summed E-state index contributed by atoms with van der Waals surface area (Å²) in [5.74, 6) is 0. The normalized spacial score (nSPS) is 12.6. The van der Waals surface area contributed by atoms with Crippen molar-refractivity contribution in [1.29, 1.82) is 0 Å². The number of aliphatic hydroxyl groups is 1. The molecule has 0 aliphatic heterocycles. The standard InChI is InChI=1S/C17H24N2OS/c1-4-15(10-20)18-8-7-17-19-16(11-21-17)14-6-5-12(2)13(3)9-14/h5-6,9,11,15,18,20H,4,7-8,10H2,1-3H3. The highest BCUT2D eigenvalue weighted by atomic mass is 32.1. The fraction of sp³-hybridized carbons (Fsp3) is 0.471. The summed E-state index contributed by atoms with van der Waals surface area (Å²) in [6.45, 7) is 7.40. The minimum absolute atomic E-state index is 0.197. The van der Waals surface area contributed by atoms with Gasteiger partial charge in [-0.15, -0.1) is 11.3 Å². The molecule has 1 heterocycles. The molecule has 0 saturated heterocycles. The molecule has 0 radical (unpaired) electrons. The molecule has 0 amide bonds. The first-order valence-corrected chi connectivity index (χ1v) is 8.38. The summed E-state index contributed by atoms with van der Waals surface area (Å²) in [7, 11) is 0. The summed E-state index contributed by atoms with van der Waals surface area (Å²) >= 11 is 1.71. The van der Waals surface area contributed by atoms with Gasteiger partial charge in [0.05, 0.1) is 17.3 Å². The van der Waals surface area contributed by atoms with Gasteiger partial charge in [0.15, 0.2) is 0 Å². The van der Waals surface area contributed by atoms with Gasteiger partial charge in [0, 0.05) is 30.0 Å². The lowest BCUT2D eigenvalue weighted by atomic mass is 10.1. The number of rotatable bonds is 7. The highest BCUT2D eigenvalue weighted by molar-refractivity contribution is 7.09. The Morgan fingerprint density at radius 3 is 2.76 bits per heavy atom. The van der Waals surface area contributed by atoms with Gasteiger partial charge >= 0.3 is 0 Å². The Kier molecular flexibility index (Phi) is 5.91. The lowest BCUT2D eigenvalue weighted by Crippen LogP contribution is -2.33. The van der Waals surface area contributed by atoms with Crippen LogP contribution in [0.2, 0.25) is 0 Å². The van der Waals surface area contributed by atoms with Crippen LogP contribution in [0.5, 0.6) is 0 Å². The molecule has 21 heavy (non-hydrogen) atoms. The van der Waals surface area contributed by atoms with E-state index in [2.05, 4.69) is 49.7 Å². The van der Waals surface area contributed by atoms with Gasteiger partial charge in [-0.2, -0.15) is 0 Å². The van der Waals surface area contributed by atoms with Crippen molar-refractivity contribution in [2.24, 2.45) is 0 Å². The van der Waals surface area contributed by atoms with Crippen LogP contribution < -0.4 is 5.32 Å². The molecule has 1 atom stereocenters. The van der Waals surface area contributed by atoms with Gasteiger partial charge in [0.1, 0.15) is 0 Å². The molecule has 0 spiro atoms. The van der Waals surface area contributed by atoms with Crippen LogP contribution in [0.4, 0.5) is 0 Å². The molecular formula is C17H24N2OS. The molecule has 0 fully saturated rings. The maximum atomic E-state index is 9.15. The molecule has 2 aromatic rings. The molecule has 2 N–H and O–H groups in total. The fourth-order valence-corrected chi connectivity index (χ4v) is 2.99. The molecule has 114 valence electrons. The second-order valence-electron chi connectivity index (χ2n) is 5.42. The second kappa shape index (κ2) is 7.69. The van der Waals surface area contributed by atoms with E-state index < -0.39 is 0 Å². The van der Waals surface area contributed by atoms with E-state index in [1.54, 1.807) is 11.3 Å². The zero-order valence-electron chi connectivity index (χ0n) is 13.0. The minimum atomic E-state index is 0.197. The average Bonchev–Trinajstić information content (AvgIpc) is 2.95. The van der Waals surface area contributed by atoms with Crippen LogP contribution in [0.15, 0.2) is 23.6 Å². The van der Waals surface area contributed by atoms with Crippen LogP contribution in [0, 0.1) is 13.8 Å². The average molecular weight is 304 g/mol. The van der Waals surface area contributed by atoms with E-state index in [4.69, 9.17) is 10.1 Å². The summed E-state index contributed by atoms with van der Waals surface area (Å²) in [6, 6.07) is 6.69. The molecule has 3 nitrogen and oxygen atoms in total. The van der Waals surface area contributed by atoms with E-state index >= 15 is 0 Å². The zero-order valence-corrected chi connectivity index (χ0v) is 13.8. The van der Waals surface area contributed by atoms with Crippen molar-refractivity contribution in [3.05, 3.63) is 39.7 Å². The van der Waals surface area contributed by atoms with Crippen LogP contribution in [-0.2, 0) is 6.42 Å². The summed E-state index contributed by atoms with van der Waals surface area (Å²) in [6.07, 6.45) is 1.86. The van der Waals surface area contributed by atoms with Crippen LogP contribution in [0.25, 0.3) is 11.3 Å². The number of nitrogens with zero attached hydrogens (tertiary/aromatic N) is 1. The van der Waals surface area contributed by atoms with Crippen molar-refractivity contribution < 1.29 is 5.11 Å². The first-order chi connectivity index (χ1) is 10.1. The molecule has 0 aliphatic rings. The topological polar surface area (TPSA) is 45.1 Å².